The Balaban J connectivity index is 1.93. The summed E-state index contributed by atoms with van der Waals surface area (Å²) in [6, 6.07) is 0. The highest BCUT2D eigenvalue weighted by Gasteiger charge is 2.49. The summed E-state index contributed by atoms with van der Waals surface area (Å²) in [7, 11) is 0. The Bertz CT molecular complexity index is 176. The van der Waals surface area contributed by atoms with Crippen molar-refractivity contribution < 1.29 is 5.11 Å². The first-order valence-corrected chi connectivity index (χ1v) is 5.02. The minimum atomic E-state index is 0.0790. The number of aliphatic hydroxyl groups is 1. The highest BCUT2D eigenvalue weighted by atomic mass is 16.3. The normalized spacial score (nSPS) is 60.3. The Morgan fingerprint density at radius 1 is 0.818 bits per heavy atom. The van der Waals surface area contributed by atoms with E-state index in [9.17, 15) is 5.11 Å². The third kappa shape index (κ3) is 0.752. The molecular weight excluding hydrogens is 136 g/mol. The standard InChI is InChI=1S/C10H16O/c11-10-5-8-3-7-2-1-6(8)4-9(7)10/h6-11H,1-5H2/t6?,7?,8?,9?,10-/m0/s1. The molecule has 5 aliphatic rings. The summed E-state index contributed by atoms with van der Waals surface area (Å²) in [4.78, 5) is 0. The average molecular weight is 152 g/mol. The lowest BCUT2D eigenvalue weighted by molar-refractivity contribution is -0.101. The summed E-state index contributed by atoms with van der Waals surface area (Å²) in [6.07, 6.45) is 6.91. The van der Waals surface area contributed by atoms with Crippen molar-refractivity contribution in [3.8, 4) is 0 Å². The van der Waals surface area contributed by atoms with Crippen molar-refractivity contribution in [1.29, 1.82) is 0 Å². The zero-order chi connectivity index (χ0) is 7.42. The summed E-state index contributed by atoms with van der Waals surface area (Å²) in [6.45, 7) is 0. The van der Waals surface area contributed by atoms with Crippen LogP contribution in [0.3, 0.4) is 0 Å². The largest absolute Gasteiger partial charge is 0.393 e. The van der Waals surface area contributed by atoms with Gasteiger partial charge in [0.15, 0.2) is 0 Å². The maximum atomic E-state index is 9.72. The Morgan fingerprint density at radius 2 is 1.64 bits per heavy atom. The van der Waals surface area contributed by atoms with E-state index < -0.39 is 0 Å². The molecule has 5 aliphatic carbocycles. The third-order valence-electron chi connectivity index (χ3n) is 4.40. The molecule has 1 heteroatoms. The second kappa shape index (κ2) is 2.01. The Morgan fingerprint density at radius 3 is 2.18 bits per heavy atom. The van der Waals surface area contributed by atoms with E-state index >= 15 is 0 Å². The minimum Gasteiger partial charge on any atom is -0.393 e. The lowest BCUT2D eigenvalue weighted by Gasteiger charge is -2.54. The van der Waals surface area contributed by atoms with Gasteiger partial charge in [0.05, 0.1) is 6.10 Å². The fourth-order valence-electron chi connectivity index (χ4n) is 3.85. The van der Waals surface area contributed by atoms with Crippen molar-refractivity contribution in [2.45, 2.75) is 38.2 Å². The number of aliphatic hydroxyl groups excluding tert-OH is 1. The van der Waals surface area contributed by atoms with E-state index in [2.05, 4.69) is 0 Å². The Labute approximate surface area is 67.8 Å². The van der Waals surface area contributed by atoms with Crippen LogP contribution < -0.4 is 0 Å². The first-order chi connectivity index (χ1) is 5.34. The fourth-order valence-corrected chi connectivity index (χ4v) is 3.85. The molecule has 0 saturated heterocycles. The van der Waals surface area contributed by atoms with E-state index in [4.69, 9.17) is 0 Å². The molecule has 62 valence electrons. The molecule has 0 heterocycles. The van der Waals surface area contributed by atoms with Gasteiger partial charge in [0.1, 0.15) is 0 Å². The van der Waals surface area contributed by atoms with Crippen molar-refractivity contribution >= 4 is 0 Å². The molecule has 5 atom stereocenters. The molecule has 5 fully saturated rings. The number of hydrogen-bond donors (Lipinski definition) is 1. The van der Waals surface area contributed by atoms with Crippen LogP contribution in [0, 0.1) is 23.7 Å². The van der Waals surface area contributed by atoms with Crippen molar-refractivity contribution in [2.24, 2.45) is 23.7 Å². The SMILES string of the molecule is O[C@H]1CC2CC3CCC2CC31. The first kappa shape index (κ1) is 6.47. The van der Waals surface area contributed by atoms with Crippen molar-refractivity contribution in [3.05, 3.63) is 0 Å². The molecule has 0 aromatic heterocycles. The maximum absolute atomic E-state index is 9.72. The molecule has 0 radical (unpaired) electrons. The molecular formula is C10H16O. The van der Waals surface area contributed by atoms with E-state index in [1.165, 1.54) is 25.7 Å². The smallest absolute Gasteiger partial charge is 0.0573 e. The number of rotatable bonds is 0. The average Bonchev–Trinajstić information content (AvgIpc) is 2.05. The van der Waals surface area contributed by atoms with Gasteiger partial charge < -0.3 is 5.11 Å². The topological polar surface area (TPSA) is 20.2 Å². The van der Waals surface area contributed by atoms with Gasteiger partial charge in [0.25, 0.3) is 0 Å². The lowest BCUT2D eigenvalue weighted by Crippen LogP contribution is -2.49. The summed E-state index contributed by atoms with van der Waals surface area (Å²) in [5.41, 5.74) is 0. The van der Waals surface area contributed by atoms with Crippen LogP contribution in [0.5, 0.6) is 0 Å². The second-order valence-electron chi connectivity index (χ2n) is 4.80. The van der Waals surface area contributed by atoms with Gasteiger partial charge in [-0.15, -0.1) is 0 Å². The van der Waals surface area contributed by atoms with Crippen LogP contribution in [-0.4, -0.2) is 11.2 Å². The van der Waals surface area contributed by atoms with Crippen molar-refractivity contribution in [2.75, 3.05) is 0 Å². The monoisotopic (exact) mass is 152 g/mol. The Kier molecular flexibility index (Phi) is 1.18. The van der Waals surface area contributed by atoms with E-state index in [1.54, 1.807) is 0 Å². The molecule has 5 rings (SSSR count). The summed E-state index contributed by atoms with van der Waals surface area (Å²) in [5.74, 6) is 3.54. The highest BCUT2D eigenvalue weighted by Crippen LogP contribution is 2.55. The second-order valence-corrected chi connectivity index (χ2v) is 4.80. The Hall–Kier alpha value is -0.0400. The molecule has 1 nitrogen and oxygen atoms in total. The molecule has 11 heavy (non-hydrogen) atoms. The minimum absolute atomic E-state index is 0.0790. The maximum Gasteiger partial charge on any atom is 0.0573 e. The molecule has 0 amide bonds. The van der Waals surface area contributed by atoms with Gasteiger partial charge in [-0.05, 0) is 55.8 Å². The zero-order valence-electron chi connectivity index (χ0n) is 6.87. The van der Waals surface area contributed by atoms with Gasteiger partial charge in [-0.2, -0.15) is 0 Å². The van der Waals surface area contributed by atoms with E-state index in [1.807, 2.05) is 0 Å². The van der Waals surface area contributed by atoms with Crippen LogP contribution in [0.25, 0.3) is 0 Å². The van der Waals surface area contributed by atoms with Crippen LogP contribution in [0.15, 0.2) is 0 Å². The van der Waals surface area contributed by atoms with Crippen LogP contribution in [0.2, 0.25) is 0 Å². The molecule has 5 saturated carbocycles. The molecule has 0 aromatic rings. The van der Waals surface area contributed by atoms with Gasteiger partial charge in [0, 0.05) is 0 Å². The molecule has 4 bridgehead atoms. The van der Waals surface area contributed by atoms with Gasteiger partial charge in [-0.25, -0.2) is 0 Å². The zero-order valence-corrected chi connectivity index (χ0v) is 6.87. The van der Waals surface area contributed by atoms with E-state index in [0.717, 1.165) is 24.2 Å². The summed E-state index contributed by atoms with van der Waals surface area (Å²) < 4.78 is 0. The van der Waals surface area contributed by atoms with Gasteiger partial charge in [-0.1, -0.05) is 0 Å². The molecule has 0 spiro atoms. The van der Waals surface area contributed by atoms with Crippen LogP contribution >= 0.6 is 0 Å². The number of fused-ring (bicyclic) bond motifs is 2. The molecule has 0 aromatic carbocycles. The van der Waals surface area contributed by atoms with Crippen LogP contribution in [0.1, 0.15) is 32.1 Å². The van der Waals surface area contributed by atoms with Gasteiger partial charge >= 0.3 is 0 Å². The highest BCUT2D eigenvalue weighted by molar-refractivity contribution is 4.99. The molecule has 4 unspecified atom stereocenters. The van der Waals surface area contributed by atoms with E-state index in [-0.39, 0.29) is 6.10 Å². The van der Waals surface area contributed by atoms with Crippen LogP contribution in [-0.2, 0) is 0 Å². The van der Waals surface area contributed by atoms with Crippen molar-refractivity contribution in [3.63, 3.8) is 0 Å². The van der Waals surface area contributed by atoms with Crippen molar-refractivity contribution in [1.82, 2.24) is 0 Å². The predicted molar refractivity (Wildman–Crippen MR) is 43.1 cm³/mol. The summed E-state index contributed by atoms with van der Waals surface area (Å²) >= 11 is 0. The predicted octanol–water partition coefficient (Wildman–Crippen LogP) is 1.80. The fraction of sp³-hybridized carbons (Fsp3) is 1.00. The van der Waals surface area contributed by atoms with Gasteiger partial charge in [0.2, 0.25) is 0 Å². The third-order valence-corrected chi connectivity index (χ3v) is 4.40. The molecule has 1 N–H and O–H groups in total. The van der Waals surface area contributed by atoms with E-state index in [0.29, 0.717) is 5.92 Å². The molecule has 0 aliphatic heterocycles. The quantitative estimate of drug-likeness (QED) is 0.561. The lowest BCUT2D eigenvalue weighted by atomic mass is 9.52. The van der Waals surface area contributed by atoms with Gasteiger partial charge in [-0.3, -0.25) is 0 Å². The van der Waals surface area contributed by atoms with Crippen LogP contribution in [0.4, 0.5) is 0 Å². The first-order valence-electron chi connectivity index (χ1n) is 5.02. The number of hydrogen-bond acceptors (Lipinski definition) is 1. The summed E-state index contributed by atoms with van der Waals surface area (Å²) in [5, 5.41) is 9.72.